The maximum atomic E-state index is 12.6. The van der Waals surface area contributed by atoms with Gasteiger partial charge in [-0.3, -0.25) is 4.79 Å². The lowest BCUT2D eigenvalue weighted by Gasteiger charge is -2.00. The van der Waals surface area contributed by atoms with E-state index in [9.17, 15) is 9.18 Å². The first-order valence-corrected chi connectivity index (χ1v) is 3.63. The van der Waals surface area contributed by atoms with Gasteiger partial charge in [0.25, 0.3) is 0 Å². The lowest BCUT2D eigenvalue weighted by molar-refractivity contribution is -0.116. The normalized spacial score (nSPS) is 9.83. The summed E-state index contributed by atoms with van der Waals surface area (Å²) in [5.41, 5.74) is 6.15. The molecule has 0 bridgehead atoms. The van der Waals surface area contributed by atoms with Crippen LogP contribution in [0.3, 0.4) is 0 Å². The van der Waals surface area contributed by atoms with Crippen LogP contribution in [0, 0.1) is 5.82 Å². The van der Waals surface area contributed by atoms with Gasteiger partial charge in [-0.1, -0.05) is 6.07 Å². The van der Waals surface area contributed by atoms with Gasteiger partial charge in [0.15, 0.2) is 0 Å². The number of carbonyl (C=O) groups excluding carboxylic acids is 1. The Kier molecular flexibility index (Phi) is 2.43. The molecule has 0 fully saturated rings. The van der Waals surface area contributed by atoms with E-state index in [0.717, 1.165) is 5.56 Å². The van der Waals surface area contributed by atoms with Crippen LogP contribution in [0.25, 0.3) is 0 Å². The number of benzene rings is 1. The molecule has 0 unspecified atom stereocenters. The summed E-state index contributed by atoms with van der Waals surface area (Å²) in [5.74, 6) is -0.400. The summed E-state index contributed by atoms with van der Waals surface area (Å²) in [6, 6.07) is 4.32. The van der Waals surface area contributed by atoms with E-state index < -0.39 is 5.82 Å². The zero-order chi connectivity index (χ0) is 9.14. The molecule has 0 amide bonds. The van der Waals surface area contributed by atoms with Crippen LogP contribution in [0.1, 0.15) is 12.5 Å². The molecule has 2 nitrogen and oxygen atoms in total. The second-order valence-electron chi connectivity index (χ2n) is 2.73. The molecule has 1 rings (SSSR count). The molecule has 0 saturated carbocycles. The molecule has 2 N–H and O–H groups in total. The zero-order valence-electron chi connectivity index (χ0n) is 6.80. The van der Waals surface area contributed by atoms with Crippen LogP contribution < -0.4 is 5.73 Å². The van der Waals surface area contributed by atoms with Crippen LogP contribution in [0.2, 0.25) is 0 Å². The first-order valence-electron chi connectivity index (χ1n) is 3.63. The second-order valence-corrected chi connectivity index (χ2v) is 2.73. The summed E-state index contributed by atoms with van der Waals surface area (Å²) in [4.78, 5) is 10.7. The molecule has 0 radical (unpaired) electrons. The quantitative estimate of drug-likeness (QED) is 0.679. The average molecular weight is 167 g/mol. The smallest absolute Gasteiger partial charge is 0.146 e. The SMILES string of the molecule is CC(=O)Cc1ccc(F)c(N)c1. The third-order valence-electron chi connectivity index (χ3n) is 1.51. The molecule has 1 aromatic carbocycles. The van der Waals surface area contributed by atoms with Gasteiger partial charge in [-0.25, -0.2) is 4.39 Å². The first kappa shape index (κ1) is 8.71. The predicted molar refractivity (Wildman–Crippen MR) is 45.2 cm³/mol. The van der Waals surface area contributed by atoms with Crippen LogP contribution in [0.15, 0.2) is 18.2 Å². The molecule has 0 aliphatic rings. The van der Waals surface area contributed by atoms with Crippen LogP contribution in [0.4, 0.5) is 10.1 Å². The van der Waals surface area contributed by atoms with Crippen LogP contribution in [-0.4, -0.2) is 5.78 Å². The van der Waals surface area contributed by atoms with Crippen molar-refractivity contribution in [2.45, 2.75) is 13.3 Å². The molecule has 0 spiro atoms. The Bertz CT molecular complexity index is 309. The van der Waals surface area contributed by atoms with Gasteiger partial charge in [-0.15, -0.1) is 0 Å². The van der Waals surface area contributed by atoms with Gasteiger partial charge in [0.05, 0.1) is 5.69 Å². The van der Waals surface area contributed by atoms with Crippen molar-refractivity contribution in [2.75, 3.05) is 5.73 Å². The molecule has 0 saturated heterocycles. The Morgan fingerprint density at radius 1 is 1.58 bits per heavy atom. The monoisotopic (exact) mass is 167 g/mol. The van der Waals surface area contributed by atoms with Gasteiger partial charge in [-0.05, 0) is 24.6 Å². The van der Waals surface area contributed by atoms with Crippen molar-refractivity contribution in [3.8, 4) is 0 Å². The fourth-order valence-electron chi connectivity index (χ4n) is 0.991. The number of nitrogens with two attached hydrogens (primary N) is 1. The Labute approximate surface area is 70.2 Å². The Hall–Kier alpha value is -1.38. The highest BCUT2D eigenvalue weighted by molar-refractivity contribution is 5.78. The molecule has 0 atom stereocenters. The van der Waals surface area contributed by atoms with Gasteiger partial charge in [0.1, 0.15) is 11.6 Å². The minimum Gasteiger partial charge on any atom is -0.396 e. The van der Waals surface area contributed by atoms with E-state index >= 15 is 0 Å². The number of nitrogen functional groups attached to an aromatic ring is 1. The third-order valence-corrected chi connectivity index (χ3v) is 1.51. The average Bonchev–Trinajstić information content (AvgIpc) is 1.96. The highest BCUT2D eigenvalue weighted by atomic mass is 19.1. The second kappa shape index (κ2) is 3.34. The number of rotatable bonds is 2. The number of hydrogen-bond acceptors (Lipinski definition) is 2. The Morgan fingerprint density at radius 2 is 2.25 bits per heavy atom. The fraction of sp³-hybridized carbons (Fsp3) is 0.222. The van der Waals surface area contributed by atoms with Crippen molar-refractivity contribution in [1.82, 2.24) is 0 Å². The molecular weight excluding hydrogens is 157 g/mol. The molecule has 3 heteroatoms. The standard InChI is InChI=1S/C9H10FNO/c1-6(12)4-7-2-3-8(10)9(11)5-7/h2-3,5H,4,11H2,1H3. The minimum atomic E-state index is -0.442. The third kappa shape index (κ3) is 2.05. The van der Waals surface area contributed by atoms with E-state index in [1.54, 1.807) is 6.07 Å². The highest BCUT2D eigenvalue weighted by Crippen LogP contribution is 2.12. The summed E-state index contributed by atoms with van der Waals surface area (Å²) >= 11 is 0. The Balaban J connectivity index is 2.89. The summed E-state index contributed by atoms with van der Waals surface area (Å²) in [5, 5.41) is 0. The lowest BCUT2D eigenvalue weighted by atomic mass is 10.1. The number of Topliss-reactive ketones (excluding diaryl/α,β-unsaturated/α-hetero) is 1. The zero-order valence-corrected chi connectivity index (χ0v) is 6.80. The van der Waals surface area contributed by atoms with Crippen molar-refractivity contribution in [3.05, 3.63) is 29.6 Å². The molecule has 12 heavy (non-hydrogen) atoms. The number of carbonyl (C=O) groups is 1. The van der Waals surface area contributed by atoms with E-state index in [1.165, 1.54) is 19.1 Å². The molecule has 0 aromatic heterocycles. The molecule has 0 heterocycles. The van der Waals surface area contributed by atoms with E-state index in [-0.39, 0.29) is 11.5 Å². The van der Waals surface area contributed by atoms with Crippen LogP contribution >= 0.6 is 0 Å². The van der Waals surface area contributed by atoms with Gasteiger partial charge in [0.2, 0.25) is 0 Å². The maximum Gasteiger partial charge on any atom is 0.146 e. The van der Waals surface area contributed by atoms with Crippen molar-refractivity contribution >= 4 is 11.5 Å². The van der Waals surface area contributed by atoms with Crippen LogP contribution in [-0.2, 0) is 11.2 Å². The maximum absolute atomic E-state index is 12.6. The van der Waals surface area contributed by atoms with Crippen molar-refractivity contribution in [3.63, 3.8) is 0 Å². The van der Waals surface area contributed by atoms with Crippen molar-refractivity contribution < 1.29 is 9.18 Å². The van der Waals surface area contributed by atoms with Gasteiger partial charge in [-0.2, -0.15) is 0 Å². The topological polar surface area (TPSA) is 43.1 Å². The summed E-state index contributed by atoms with van der Waals surface area (Å²) in [6.07, 6.45) is 0.310. The van der Waals surface area contributed by atoms with E-state index in [4.69, 9.17) is 5.73 Å². The number of halogens is 1. The van der Waals surface area contributed by atoms with Crippen molar-refractivity contribution in [2.24, 2.45) is 0 Å². The van der Waals surface area contributed by atoms with Gasteiger partial charge in [0, 0.05) is 6.42 Å². The molecule has 0 aliphatic heterocycles. The highest BCUT2D eigenvalue weighted by Gasteiger charge is 2.01. The molecule has 1 aromatic rings. The number of hydrogen-bond donors (Lipinski definition) is 1. The largest absolute Gasteiger partial charge is 0.396 e. The summed E-state index contributed by atoms with van der Waals surface area (Å²) < 4.78 is 12.6. The summed E-state index contributed by atoms with van der Waals surface area (Å²) in [6.45, 7) is 1.49. The lowest BCUT2D eigenvalue weighted by Crippen LogP contribution is -1.98. The Morgan fingerprint density at radius 3 is 2.75 bits per heavy atom. The van der Waals surface area contributed by atoms with E-state index in [0.29, 0.717) is 6.42 Å². The van der Waals surface area contributed by atoms with E-state index in [2.05, 4.69) is 0 Å². The van der Waals surface area contributed by atoms with Gasteiger partial charge >= 0.3 is 0 Å². The van der Waals surface area contributed by atoms with Gasteiger partial charge < -0.3 is 5.73 Å². The molecule has 64 valence electrons. The van der Waals surface area contributed by atoms with Crippen LogP contribution in [0.5, 0.6) is 0 Å². The fourth-order valence-corrected chi connectivity index (χ4v) is 0.991. The number of anilines is 1. The van der Waals surface area contributed by atoms with E-state index in [1.807, 2.05) is 0 Å². The summed E-state index contributed by atoms with van der Waals surface area (Å²) in [7, 11) is 0. The number of ketones is 1. The van der Waals surface area contributed by atoms with Crippen molar-refractivity contribution in [1.29, 1.82) is 0 Å². The molecule has 0 aliphatic carbocycles. The minimum absolute atomic E-state index is 0.0426. The predicted octanol–water partition coefficient (Wildman–Crippen LogP) is 1.54. The first-order chi connectivity index (χ1) is 5.59. The molecular formula is C9H10FNO.